The van der Waals surface area contributed by atoms with Crippen LogP contribution in [0, 0.1) is 13.8 Å². The van der Waals surface area contributed by atoms with Gasteiger partial charge in [0.15, 0.2) is 5.96 Å². The highest BCUT2D eigenvalue weighted by Crippen LogP contribution is 2.11. The summed E-state index contributed by atoms with van der Waals surface area (Å²) in [6.45, 7) is 10.2. The molecule has 1 N–H and O–H groups in total. The zero-order chi connectivity index (χ0) is 18.2. The molecule has 1 aromatic rings. The molecule has 0 spiro atoms. The van der Waals surface area contributed by atoms with Crippen LogP contribution in [-0.4, -0.2) is 68.2 Å². The summed E-state index contributed by atoms with van der Waals surface area (Å²) in [5, 5.41) is 3.44. The van der Waals surface area contributed by atoms with E-state index < -0.39 is 0 Å². The van der Waals surface area contributed by atoms with E-state index in [0.717, 1.165) is 32.0 Å². The number of hydrogen-bond acceptors (Lipinski definition) is 3. The largest absolute Gasteiger partial charge is 0.450 e. The topological polar surface area (TPSA) is 57.2 Å². The van der Waals surface area contributed by atoms with E-state index in [1.165, 1.54) is 16.7 Å². The minimum absolute atomic E-state index is 0.222. The fraction of sp³-hybridized carbons (Fsp3) is 0.579. The Kier molecular flexibility index (Phi) is 7.10. The third-order valence-corrected chi connectivity index (χ3v) is 4.49. The molecule has 0 aromatic heterocycles. The Labute approximate surface area is 150 Å². The Morgan fingerprint density at radius 3 is 2.48 bits per heavy atom. The van der Waals surface area contributed by atoms with E-state index in [2.05, 4.69) is 47.3 Å². The van der Waals surface area contributed by atoms with Crippen LogP contribution in [0.2, 0.25) is 0 Å². The van der Waals surface area contributed by atoms with Crippen LogP contribution in [0.4, 0.5) is 4.79 Å². The van der Waals surface area contributed by atoms with E-state index in [1.807, 2.05) is 6.92 Å². The predicted molar refractivity (Wildman–Crippen MR) is 101 cm³/mol. The van der Waals surface area contributed by atoms with Crippen LogP contribution in [0.25, 0.3) is 0 Å². The molecule has 1 amide bonds. The fourth-order valence-corrected chi connectivity index (χ4v) is 3.08. The molecule has 6 heteroatoms. The molecule has 2 rings (SSSR count). The molecule has 25 heavy (non-hydrogen) atoms. The lowest BCUT2D eigenvalue weighted by Crippen LogP contribution is -2.54. The first-order valence-corrected chi connectivity index (χ1v) is 8.98. The van der Waals surface area contributed by atoms with E-state index in [9.17, 15) is 4.79 Å². The molecule has 1 heterocycles. The smallest absolute Gasteiger partial charge is 0.409 e. The summed E-state index contributed by atoms with van der Waals surface area (Å²) in [6.07, 6.45) is 0.744. The number of nitrogens with zero attached hydrogens (tertiary/aromatic N) is 3. The Bertz CT molecular complexity index is 607. The summed E-state index contributed by atoms with van der Waals surface area (Å²) in [5.74, 6) is 0.897. The average molecular weight is 346 g/mol. The lowest BCUT2D eigenvalue weighted by Gasteiger charge is -2.35. The number of aryl methyl sites for hydroxylation is 2. The number of rotatable bonds is 4. The van der Waals surface area contributed by atoms with Crippen molar-refractivity contribution in [3.8, 4) is 0 Å². The van der Waals surface area contributed by atoms with Crippen LogP contribution in [-0.2, 0) is 11.2 Å². The van der Waals surface area contributed by atoms with Gasteiger partial charge in [-0.2, -0.15) is 0 Å². The summed E-state index contributed by atoms with van der Waals surface area (Å²) < 4.78 is 5.06. The van der Waals surface area contributed by atoms with Crippen LogP contribution in [0.1, 0.15) is 23.6 Å². The van der Waals surface area contributed by atoms with Gasteiger partial charge in [-0.1, -0.05) is 23.8 Å². The molecular formula is C19H30N4O2. The number of amides is 1. The van der Waals surface area contributed by atoms with Gasteiger partial charge in [0, 0.05) is 39.8 Å². The molecule has 1 fully saturated rings. The van der Waals surface area contributed by atoms with Crippen LogP contribution in [0.5, 0.6) is 0 Å². The van der Waals surface area contributed by atoms with Gasteiger partial charge in [-0.15, -0.1) is 0 Å². The van der Waals surface area contributed by atoms with Crippen LogP contribution in [0.3, 0.4) is 0 Å². The number of hydrogen-bond donors (Lipinski definition) is 1. The zero-order valence-corrected chi connectivity index (χ0v) is 15.8. The van der Waals surface area contributed by atoms with Crippen molar-refractivity contribution in [2.45, 2.75) is 27.2 Å². The second kappa shape index (κ2) is 9.30. The highest BCUT2D eigenvalue weighted by Gasteiger charge is 2.23. The normalized spacial score (nSPS) is 15.3. The number of guanidine groups is 1. The van der Waals surface area contributed by atoms with Crippen LogP contribution < -0.4 is 5.32 Å². The van der Waals surface area contributed by atoms with E-state index in [0.29, 0.717) is 19.7 Å². The average Bonchev–Trinajstić information content (AvgIpc) is 2.61. The SMILES string of the molecule is CCOC(=O)N1CCN(C(=NC)NCCc2ccc(C)cc2C)CC1. The van der Waals surface area contributed by atoms with Crippen LogP contribution in [0.15, 0.2) is 23.2 Å². The number of aliphatic imine (C=N–C) groups is 1. The van der Waals surface area contributed by atoms with Crippen molar-refractivity contribution >= 4 is 12.1 Å². The monoisotopic (exact) mass is 346 g/mol. The predicted octanol–water partition coefficient (Wildman–Crippen LogP) is 2.20. The molecule has 138 valence electrons. The molecule has 1 saturated heterocycles. The number of carbonyl (C=O) groups excluding carboxylic acids is 1. The van der Waals surface area contributed by atoms with Gasteiger partial charge >= 0.3 is 6.09 Å². The Morgan fingerprint density at radius 2 is 1.88 bits per heavy atom. The Hall–Kier alpha value is -2.24. The summed E-state index contributed by atoms with van der Waals surface area (Å²) >= 11 is 0. The third-order valence-electron chi connectivity index (χ3n) is 4.49. The van der Waals surface area contributed by atoms with Gasteiger partial charge in [0.2, 0.25) is 0 Å². The summed E-state index contributed by atoms with van der Waals surface area (Å²) in [5.41, 5.74) is 3.99. The molecule has 0 aliphatic carbocycles. The van der Waals surface area contributed by atoms with Gasteiger partial charge in [-0.05, 0) is 38.3 Å². The lowest BCUT2D eigenvalue weighted by atomic mass is 10.0. The number of nitrogens with one attached hydrogen (secondary N) is 1. The molecule has 1 aromatic carbocycles. The minimum atomic E-state index is -0.222. The van der Waals surface area contributed by atoms with E-state index >= 15 is 0 Å². The molecule has 0 bridgehead atoms. The number of carbonyl (C=O) groups is 1. The van der Waals surface area contributed by atoms with Crippen molar-refractivity contribution in [2.24, 2.45) is 4.99 Å². The maximum atomic E-state index is 11.8. The summed E-state index contributed by atoms with van der Waals surface area (Å²) in [7, 11) is 1.80. The van der Waals surface area contributed by atoms with Gasteiger partial charge in [0.05, 0.1) is 6.61 Å². The summed E-state index contributed by atoms with van der Waals surface area (Å²) in [4.78, 5) is 20.1. The summed E-state index contributed by atoms with van der Waals surface area (Å²) in [6, 6.07) is 6.58. The quantitative estimate of drug-likeness (QED) is 0.671. The van der Waals surface area contributed by atoms with Crippen molar-refractivity contribution < 1.29 is 9.53 Å². The van der Waals surface area contributed by atoms with Crippen molar-refractivity contribution in [3.05, 3.63) is 34.9 Å². The van der Waals surface area contributed by atoms with Gasteiger partial charge in [-0.3, -0.25) is 4.99 Å². The lowest BCUT2D eigenvalue weighted by molar-refractivity contribution is 0.0915. The molecule has 0 radical (unpaired) electrons. The second-order valence-electron chi connectivity index (χ2n) is 6.33. The van der Waals surface area contributed by atoms with E-state index in [-0.39, 0.29) is 6.09 Å². The second-order valence-corrected chi connectivity index (χ2v) is 6.33. The molecule has 6 nitrogen and oxygen atoms in total. The van der Waals surface area contributed by atoms with Gasteiger partial charge < -0.3 is 19.9 Å². The molecule has 0 unspecified atom stereocenters. The van der Waals surface area contributed by atoms with Crippen molar-refractivity contribution in [2.75, 3.05) is 46.4 Å². The molecule has 0 saturated carbocycles. The van der Waals surface area contributed by atoms with Crippen molar-refractivity contribution in [1.82, 2.24) is 15.1 Å². The minimum Gasteiger partial charge on any atom is -0.450 e. The standard InChI is InChI=1S/C19H30N4O2/c1-5-25-19(24)23-12-10-22(11-13-23)18(20-4)21-9-8-17-7-6-15(2)14-16(17)3/h6-7,14H,5,8-13H2,1-4H3,(H,20,21). The molecular weight excluding hydrogens is 316 g/mol. The molecule has 0 atom stereocenters. The number of piperazine rings is 1. The first-order valence-electron chi connectivity index (χ1n) is 8.98. The Balaban J connectivity index is 1.80. The van der Waals surface area contributed by atoms with Crippen molar-refractivity contribution in [1.29, 1.82) is 0 Å². The van der Waals surface area contributed by atoms with E-state index in [1.54, 1.807) is 11.9 Å². The molecule has 1 aliphatic heterocycles. The highest BCUT2D eigenvalue weighted by molar-refractivity contribution is 5.80. The Morgan fingerprint density at radius 1 is 1.20 bits per heavy atom. The highest BCUT2D eigenvalue weighted by atomic mass is 16.6. The maximum Gasteiger partial charge on any atom is 0.409 e. The number of benzene rings is 1. The third kappa shape index (κ3) is 5.37. The van der Waals surface area contributed by atoms with Crippen molar-refractivity contribution in [3.63, 3.8) is 0 Å². The first kappa shape index (κ1) is 19.1. The van der Waals surface area contributed by atoms with Gasteiger partial charge in [0.1, 0.15) is 0 Å². The fourth-order valence-electron chi connectivity index (χ4n) is 3.08. The van der Waals surface area contributed by atoms with E-state index in [4.69, 9.17) is 4.74 Å². The number of ether oxygens (including phenoxy) is 1. The molecule has 1 aliphatic rings. The maximum absolute atomic E-state index is 11.8. The zero-order valence-electron chi connectivity index (χ0n) is 15.8. The first-order chi connectivity index (χ1) is 12.0. The van der Waals surface area contributed by atoms with Crippen LogP contribution >= 0.6 is 0 Å². The van der Waals surface area contributed by atoms with Gasteiger partial charge in [0.25, 0.3) is 0 Å². The van der Waals surface area contributed by atoms with Gasteiger partial charge in [-0.25, -0.2) is 4.79 Å².